The third kappa shape index (κ3) is 4.31. The van der Waals surface area contributed by atoms with Crippen LogP contribution in [0.5, 0.6) is 0 Å². The van der Waals surface area contributed by atoms with Gasteiger partial charge in [0, 0.05) is 45.4 Å². The average molecular weight is 438 g/mol. The number of aliphatic hydroxyl groups is 1. The van der Waals surface area contributed by atoms with Crippen molar-refractivity contribution in [2.45, 2.75) is 31.0 Å². The van der Waals surface area contributed by atoms with Crippen LogP contribution in [0.4, 0.5) is 13.2 Å². The van der Waals surface area contributed by atoms with Gasteiger partial charge in [0.05, 0.1) is 11.1 Å². The van der Waals surface area contributed by atoms with Crippen molar-refractivity contribution in [1.82, 2.24) is 19.8 Å². The Bertz CT molecular complexity index is 969. The van der Waals surface area contributed by atoms with E-state index in [0.29, 0.717) is 11.1 Å². The summed E-state index contributed by atoms with van der Waals surface area (Å²) in [6.45, 7) is -0.422. The van der Waals surface area contributed by atoms with E-state index in [0.717, 1.165) is 15.7 Å². The van der Waals surface area contributed by atoms with Crippen LogP contribution in [-0.2, 0) is 17.4 Å². The van der Waals surface area contributed by atoms with E-state index >= 15 is 0 Å². The monoisotopic (exact) mass is 438 g/mol. The summed E-state index contributed by atoms with van der Waals surface area (Å²) in [6.07, 6.45) is -3.32. The molecule has 3 rings (SSSR count). The van der Waals surface area contributed by atoms with E-state index < -0.39 is 48.3 Å². The molecule has 2 N–H and O–H groups in total. The SMILES string of the molecule is Cn1ccnc1C(O)(CCNC(=O)CCCN1C(=O)c2ccccc2C1=O)C(F)(F)F. The number of nitrogens with zero attached hydrogens (tertiary/aromatic N) is 3. The molecule has 166 valence electrons. The minimum atomic E-state index is -4.98. The van der Waals surface area contributed by atoms with E-state index in [4.69, 9.17) is 0 Å². The number of aryl methyl sites for hydroxylation is 1. The molecule has 3 amide bonds. The van der Waals surface area contributed by atoms with Crippen LogP contribution in [0.3, 0.4) is 0 Å². The number of amides is 3. The van der Waals surface area contributed by atoms with Crippen molar-refractivity contribution < 1.29 is 32.7 Å². The third-order valence-corrected chi connectivity index (χ3v) is 5.13. The molecular formula is C20H21F3N4O4. The van der Waals surface area contributed by atoms with Gasteiger partial charge in [-0.2, -0.15) is 13.2 Å². The van der Waals surface area contributed by atoms with Crippen LogP contribution >= 0.6 is 0 Å². The van der Waals surface area contributed by atoms with Crippen molar-refractivity contribution in [1.29, 1.82) is 0 Å². The maximum atomic E-state index is 13.4. The third-order valence-electron chi connectivity index (χ3n) is 5.13. The molecule has 1 aliphatic rings. The molecule has 0 saturated carbocycles. The highest BCUT2D eigenvalue weighted by molar-refractivity contribution is 6.21. The maximum absolute atomic E-state index is 13.4. The van der Waals surface area contributed by atoms with E-state index in [2.05, 4.69) is 10.3 Å². The fourth-order valence-corrected chi connectivity index (χ4v) is 3.46. The zero-order valence-corrected chi connectivity index (χ0v) is 16.6. The zero-order chi connectivity index (χ0) is 22.8. The number of alkyl halides is 3. The lowest BCUT2D eigenvalue weighted by Gasteiger charge is -2.30. The Balaban J connectivity index is 1.49. The summed E-state index contributed by atoms with van der Waals surface area (Å²) in [4.78, 5) is 41.2. The molecule has 8 nitrogen and oxygen atoms in total. The Morgan fingerprint density at radius 1 is 1.16 bits per heavy atom. The Morgan fingerprint density at radius 3 is 2.29 bits per heavy atom. The molecule has 1 aromatic heterocycles. The first-order valence-corrected chi connectivity index (χ1v) is 9.55. The fourth-order valence-electron chi connectivity index (χ4n) is 3.46. The van der Waals surface area contributed by atoms with E-state index in [1.54, 1.807) is 24.3 Å². The molecule has 0 bridgehead atoms. The molecule has 0 aliphatic carbocycles. The quantitative estimate of drug-likeness (QED) is 0.611. The van der Waals surface area contributed by atoms with Gasteiger partial charge >= 0.3 is 6.18 Å². The number of rotatable bonds is 8. The normalized spacial score (nSPS) is 15.7. The van der Waals surface area contributed by atoms with Crippen LogP contribution < -0.4 is 5.32 Å². The standard InChI is InChI=1S/C20H21F3N4O4/c1-26-12-10-25-18(26)19(31,20(21,22)23)8-9-24-15(28)7-4-11-27-16(29)13-5-2-3-6-14(13)17(27)30/h2-3,5-6,10,12,31H,4,7-9,11H2,1H3,(H,24,28). The molecule has 11 heteroatoms. The van der Waals surface area contributed by atoms with Crippen molar-refractivity contribution >= 4 is 17.7 Å². The minimum Gasteiger partial charge on any atom is -0.374 e. The second-order valence-corrected chi connectivity index (χ2v) is 7.23. The lowest BCUT2D eigenvalue weighted by Crippen LogP contribution is -2.46. The molecule has 0 spiro atoms. The van der Waals surface area contributed by atoms with Gasteiger partial charge in [-0.15, -0.1) is 0 Å². The second kappa shape index (κ2) is 8.50. The predicted octanol–water partition coefficient (Wildman–Crippen LogP) is 1.75. The van der Waals surface area contributed by atoms with Gasteiger partial charge in [-0.1, -0.05) is 12.1 Å². The number of aromatic nitrogens is 2. The maximum Gasteiger partial charge on any atom is 0.424 e. The van der Waals surface area contributed by atoms with E-state index in [9.17, 15) is 32.7 Å². The smallest absolute Gasteiger partial charge is 0.374 e. The molecule has 31 heavy (non-hydrogen) atoms. The van der Waals surface area contributed by atoms with Gasteiger partial charge < -0.3 is 15.0 Å². The van der Waals surface area contributed by atoms with Crippen molar-refractivity contribution in [3.63, 3.8) is 0 Å². The summed E-state index contributed by atoms with van der Waals surface area (Å²) in [5, 5.41) is 12.6. The van der Waals surface area contributed by atoms with E-state index in [-0.39, 0.29) is 19.4 Å². The van der Waals surface area contributed by atoms with E-state index in [1.807, 2.05) is 0 Å². The molecular weight excluding hydrogens is 417 g/mol. The molecule has 1 aliphatic heterocycles. The number of imidazole rings is 1. The van der Waals surface area contributed by atoms with Gasteiger partial charge in [-0.25, -0.2) is 4.98 Å². The Hall–Kier alpha value is -3.21. The van der Waals surface area contributed by atoms with Crippen molar-refractivity contribution in [2.24, 2.45) is 7.05 Å². The largest absolute Gasteiger partial charge is 0.424 e. The number of hydrogen-bond donors (Lipinski definition) is 2. The van der Waals surface area contributed by atoms with Crippen molar-refractivity contribution in [3.05, 3.63) is 53.6 Å². The van der Waals surface area contributed by atoms with Crippen LogP contribution in [0.15, 0.2) is 36.7 Å². The number of halogens is 3. The van der Waals surface area contributed by atoms with Crippen LogP contribution in [0.1, 0.15) is 45.8 Å². The number of fused-ring (bicyclic) bond motifs is 1. The number of carbonyl (C=O) groups is 3. The van der Waals surface area contributed by atoms with Gasteiger partial charge in [0.2, 0.25) is 11.5 Å². The zero-order valence-electron chi connectivity index (χ0n) is 16.6. The van der Waals surface area contributed by atoms with Crippen LogP contribution in [0, 0.1) is 0 Å². The number of benzene rings is 1. The summed E-state index contributed by atoms with van der Waals surface area (Å²) in [5.74, 6) is -2.00. The van der Waals surface area contributed by atoms with Crippen LogP contribution in [-0.4, -0.2) is 56.5 Å². The first-order valence-electron chi connectivity index (χ1n) is 9.55. The van der Waals surface area contributed by atoms with Crippen LogP contribution in [0.25, 0.3) is 0 Å². The number of carbonyl (C=O) groups excluding carboxylic acids is 3. The molecule has 1 atom stereocenters. The first kappa shape index (κ1) is 22.5. The first-order chi connectivity index (χ1) is 14.6. The Labute approximate surface area is 175 Å². The highest BCUT2D eigenvalue weighted by Gasteiger charge is 2.57. The second-order valence-electron chi connectivity index (χ2n) is 7.23. The predicted molar refractivity (Wildman–Crippen MR) is 102 cm³/mol. The molecule has 0 radical (unpaired) electrons. The Morgan fingerprint density at radius 2 is 1.77 bits per heavy atom. The summed E-state index contributed by atoms with van der Waals surface area (Å²) < 4.78 is 41.4. The van der Waals surface area contributed by atoms with Gasteiger partial charge in [0.25, 0.3) is 11.8 Å². The molecule has 0 fully saturated rings. The van der Waals surface area contributed by atoms with Gasteiger partial charge in [-0.05, 0) is 18.6 Å². The molecule has 1 unspecified atom stereocenters. The lowest BCUT2D eigenvalue weighted by atomic mass is 9.97. The summed E-state index contributed by atoms with van der Waals surface area (Å²) in [7, 11) is 1.33. The fraction of sp³-hybridized carbons (Fsp3) is 0.400. The topological polar surface area (TPSA) is 105 Å². The van der Waals surface area contributed by atoms with Crippen molar-refractivity contribution in [2.75, 3.05) is 13.1 Å². The Kier molecular flexibility index (Phi) is 6.16. The van der Waals surface area contributed by atoms with Crippen LogP contribution in [0.2, 0.25) is 0 Å². The highest BCUT2D eigenvalue weighted by Crippen LogP contribution is 2.40. The summed E-state index contributed by atoms with van der Waals surface area (Å²) in [6, 6.07) is 6.39. The van der Waals surface area contributed by atoms with Gasteiger partial charge in [0.1, 0.15) is 5.82 Å². The summed E-state index contributed by atoms with van der Waals surface area (Å²) >= 11 is 0. The average Bonchev–Trinajstić information content (AvgIpc) is 3.24. The van der Waals surface area contributed by atoms with Gasteiger partial charge in [0.15, 0.2) is 0 Å². The lowest BCUT2D eigenvalue weighted by molar-refractivity contribution is -0.272. The molecule has 2 aromatic rings. The van der Waals surface area contributed by atoms with E-state index in [1.165, 1.54) is 13.2 Å². The number of imide groups is 1. The molecule has 2 heterocycles. The highest BCUT2D eigenvalue weighted by atomic mass is 19.4. The molecule has 1 aromatic carbocycles. The number of hydrogen-bond acceptors (Lipinski definition) is 5. The van der Waals surface area contributed by atoms with Gasteiger partial charge in [-0.3, -0.25) is 19.3 Å². The number of nitrogens with one attached hydrogen (secondary N) is 1. The minimum absolute atomic E-state index is 0.0134. The summed E-state index contributed by atoms with van der Waals surface area (Å²) in [5.41, 5.74) is -2.60. The molecule has 0 saturated heterocycles. The van der Waals surface area contributed by atoms with Crippen molar-refractivity contribution in [3.8, 4) is 0 Å².